The van der Waals surface area contributed by atoms with Gasteiger partial charge in [0.1, 0.15) is 5.60 Å². The van der Waals surface area contributed by atoms with E-state index in [1.54, 1.807) is 0 Å². The lowest BCUT2D eigenvalue weighted by molar-refractivity contribution is -0.247. The molecule has 2 heteroatoms. The van der Waals surface area contributed by atoms with Crippen LogP contribution in [-0.2, 0) is 4.79 Å². The maximum atomic E-state index is 12.7. The van der Waals surface area contributed by atoms with Crippen LogP contribution in [0.1, 0.15) is 126 Å². The lowest BCUT2D eigenvalue weighted by Crippen LogP contribution is -2.68. The van der Waals surface area contributed by atoms with Gasteiger partial charge in [-0.3, -0.25) is 4.79 Å². The Bertz CT molecular complexity index is 806. The molecule has 4 saturated carbocycles. The van der Waals surface area contributed by atoms with Crippen molar-refractivity contribution in [3.8, 4) is 0 Å². The van der Waals surface area contributed by atoms with Crippen molar-refractivity contribution in [2.24, 2.45) is 38.9 Å². The van der Waals surface area contributed by atoms with Crippen LogP contribution in [-0.4, -0.2) is 16.5 Å². The Morgan fingerprint density at radius 1 is 0.906 bits per heavy atom. The Morgan fingerprint density at radius 3 is 2.22 bits per heavy atom. The topological polar surface area (TPSA) is 37.3 Å². The van der Waals surface area contributed by atoms with Gasteiger partial charge in [0.25, 0.3) is 0 Å². The maximum Gasteiger partial charge on any atom is 0.164 e. The first-order valence-corrected chi connectivity index (χ1v) is 13.5. The zero-order chi connectivity index (χ0) is 23.8. The molecule has 8 atom stereocenters. The minimum absolute atomic E-state index is 0.0787. The van der Waals surface area contributed by atoms with Crippen molar-refractivity contribution >= 4 is 5.78 Å². The lowest BCUT2D eigenvalue weighted by Gasteiger charge is -2.72. The van der Waals surface area contributed by atoms with Gasteiger partial charge in [-0.25, -0.2) is 0 Å². The molecule has 4 aliphatic carbocycles. The number of Topliss-reactive ketones (excluding diaryl/α,β-unsaturated/α-hetero) is 1. The monoisotopic (exact) mass is 442 g/mol. The third-order valence-electron chi connectivity index (χ3n) is 12.4. The molecule has 0 amide bonds. The van der Waals surface area contributed by atoms with Crippen LogP contribution < -0.4 is 0 Å². The van der Waals surface area contributed by atoms with Crippen LogP contribution in [0.15, 0.2) is 11.6 Å². The van der Waals surface area contributed by atoms with Crippen LogP contribution >= 0.6 is 0 Å². The Morgan fingerprint density at radius 2 is 1.56 bits per heavy atom. The number of hydrogen-bond acceptors (Lipinski definition) is 2. The molecule has 0 saturated heterocycles. The minimum Gasteiger partial charge on any atom is -0.382 e. The van der Waals surface area contributed by atoms with E-state index in [4.69, 9.17) is 0 Å². The van der Waals surface area contributed by atoms with Gasteiger partial charge >= 0.3 is 0 Å². The Balaban J connectivity index is 1.63. The largest absolute Gasteiger partial charge is 0.382 e. The van der Waals surface area contributed by atoms with Crippen molar-refractivity contribution in [2.75, 3.05) is 0 Å². The molecule has 0 aromatic heterocycles. The normalized spacial score (nSPS) is 53.1. The van der Waals surface area contributed by atoms with Crippen LogP contribution in [0.25, 0.3) is 0 Å². The molecule has 32 heavy (non-hydrogen) atoms. The summed E-state index contributed by atoms with van der Waals surface area (Å²) < 4.78 is 0. The molecule has 0 aliphatic heterocycles. The fourth-order valence-electron chi connectivity index (χ4n) is 9.91. The number of aliphatic hydroxyl groups is 1. The quantitative estimate of drug-likeness (QED) is 0.451. The molecule has 1 N–H and O–H groups in total. The summed E-state index contributed by atoms with van der Waals surface area (Å²) in [7, 11) is 0. The summed E-state index contributed by atoms with van der Waals surface area (Å²) in [5.41, 5.74) is 1.47. The summed E-state index contributed by atoms with van der Waals surface area (Å²) in [4.78, 5) is 12.7. The molecule has 0 spiro atoms. The second-order valence-corrected chi connectivity index (χ2v) is 14.4. The molecule has 0 aromatic carbocycles. The van der Waals surface area contributed by atoms with Gasteiger partial charge in [0.05, 0.1) is 0 Å². The predicted octanol–water partition coefficient (Wildman–Crippen LogP) is 7.88. The second kappa shape index (κ2) is 7.43. The summed E-state index contributed by atoms with van der Waals surface area (Å²) in [5.74, 6) is 1.24. The highest BCUT2D eigenvalue weighted by atomic mass is 16.3. The van der Waals surface area contributed by atoms with Gasteiger partial charge in [0.15, 0.2) is 5.78 Å². The number of fused-ring (bicyclic) bond motifs is 5. The molecular weight excluding hydrogens is 392 g/mol. The fourth-order valence-corrected chi connectivity index (χ4v) is 9.91. The molecule has 2 nitrogen and oxygen atoms in total. The van der Waals surface area contributed by atoms with Crippen molar-refractivity contribution in [3.63, 3.8) is 0 Å². The fraction of sp³-hybridized carbons (Fsp3) is 0.900. The molecular formula is C30H50O2. The summed E-state index contributed by atoms with van der Waals surface area (Å²) >= 11 is 0. The molecule has 0 unspecified atom stereocenters. The summed E-state index contributed by atoms with van der Waals surface area (Å²) in [6.45, 7) is 18.9. The van der Waals surface area contributed by atoms with E-state index >= 15 is 0 Å². The third-order valence-corrected chi connectivity index (χ3v) is 12.4. The number of rotatable bonds is 3. The van der Waals surface area contributed by atoms with Crippen LogP contribution in [0, 0.1) is 38.9 Å². The molecule has 4 aliphatic rings. The first kappa shape index (κ1) is 24.5. The molecule has 0 radical (unpaired) electrons. The highest BCUT2D eigenvalue weighted by Crippen LogP contribution is 2.75. The van der Waals surface area contributed by atoms with E-state index in [0.717, 1.165) is 12.8 Å². The first-order valence-electron chi connectivity index (χ1n) is 13.5. The number of allylic oxidation sites excluding steroid dienone is 2. The van der Waals surface area contributed by atoms with E-state index in [1.165, 1.54) is 56.9 Å². The molecule has 0 aromatic rings. The van der Waals surface area contributed by atoms with E-state index in [0.29, 0.717) is 34.5 Å². The van der Waals surface area contributed by atoms with Gasteiger partial charge in [-0.05, 0) is 118 Å². The van der Waals surface area contributed by atoms with Gasteiger partial charge < -0.3 is 5.11 Å². The summed E-state index contributed by atoms with van der Waals surface area (Å²) in [6, 6.07) is 0. The van der Waals surface area contributed by atoms with Crippen molar-refractivity contribution in [1.29, 1.82) is 0 Å². The van der Waals surface area contributed by atoms with Crippen LogP contribution in [0.2, 0.25) is 0 Å². The third kappa shape index (κ3) is 3.24. The van der Waals surface area contributed by atoms with Crippen LogP contribution in [0.4, 0.5) is 0 Å². The first-order chi connectivity index (χ1) is 14.6. The van der Waals surface area contributed by atoms with Crippen LogP contribution in [0.3, 0.4) is 0 Å². The number of carbonyl (C=O) groups is 1. The minimum atomic E-state index is -1.17. The van der Waals surface area contributed by atoms with Gasteiger partial charge in [0.2, 0.25) is 0 Å². The van der Waals surface area contributed by atoms with E-state index in [2.05, 4.69) is 54.5 Å². The number of ketones is 1. The van der Waals surface area contributed by atoms with E-state index in [-0.39, 0.29) is 16.6 Å². The average Bonchev–Trinajstić information content (AvgIpc) is 2.67. The van der Waals surface area contributed by atoms with E-state index in [1.807, 2.05) is 6.92 Å². The molecule has 0 bridgehead atoms. The lowest BCUT2D eigenvalue weighted by atomic mass is 9.32. The highest BCUT2D eigenvalue weighted by molar-refractivity contribution is 5.88. The number of hydrogen-bond donors (Lipinski definition) is 1. The molecule has 0 heterocycles. The Hall–Kier alpha value is -0.630. The summed E-state index contributed by atoms with van der Waals surface area (Å²) in [6.07, 6.45) is 15.3. The number of carbonyl (C=O) groups excluding carboxylic acids is 1. The summed E-state index contributed by atoms with van der Waals surface area (Å²) in [5, 5.41) is 11.4. The SMILES string of the molecule is CC(C)=CCC[C@]1(C)CC[C@]2(C)[C@H]3CC[C@@]4(C)[C@@H](CCC(=O)[C@]4(C)O)[C@]3(C)CC[C@@]2(C)C1. The smallest absolute Gasteiger partial charge is 0.164 e. The van der Waals surface area contributed by atoms with Gasteiger partial charge in [-0.1, -0.05) is 46.3 Å². The van der Waals surface area contributed by atoms with E-state index in [9.17, 15) is 9.90 Å². The Labute approximate surface area is 198 Å². The van der Waals surface area contributed by atoms with Gasteiger partial charge in [-0.2, -0.15) is 0 Å². The Kier molecular flexibility index (Phi) is 5.69. The van der Waals surface area contributed by atoms with Crippen molar-refractivity contribution in [3.05, 3.63) is 11.6 Å². The van der Waals surface area contributed by atoms with Crippen molar-refractivity contribution < 1.29 is 9.90 Å². The van der Waals surface area contributed by atoms with E-state index < -0.39 is 5.60 Å². The average molecular weight is 443 g/mol. The van der Waals surface area contributed by atoms with Gasteiger partial charge in [-0.15, -0.1) is 0 Å². The molecule has 182 valence electrons. The molecule has 4 rings (SSSR count). The van der Waals surface area contributed by atoms with Gasteiger partial charge in [0, 0.05) is 11.8 Å². The maximum absolute atomic E-state index is 12.7. The van der Waals surface area contributed by atoms with Crippen molar-refractivity contribution in [1.82, 2.24) is 0 Å². The van der Waals surface area contributed by atoms with Crippen molar-refractivity contribution in [2.45, 2.75) is 132 Å². The highest BCUT2D eigenvalue weighted by Gasteiger charge is 2.70. The zero-order valence-electron chi connectivity index (χ0n) is 22.4. The second-order valence-electron chi connectivity index (χ2n) is 14.4. The van der Waals surface area contributed by atoms with Crippen LogP contribution in [0.5, 0.6) is 0 Å². The molecule has 4 fully saturated rings. The standard InChI is InChI=1S/C30H50O2/c1-21(2)10-9-14-25(3)16-19-28(6)23-13-15-29(7)22(11-12-24(31)30(29,8)32)27(23,5)18-17-26(28,4)20-25/h10,22-23,32H,9,11-20H2,1-8H3/t22-,23-,25+,26-,27-,28+,29-,30-/m0/s1. The zero-order valence-corrected chi connectivity index (χ0v) is 22.4. The predicted molar refractivity (Wildman–Crippen MR) is 133 cm³/mol.